The molecule has 1 nitrogen and oxygen atoms in total. The fourth-order valence-corrected chi connectivity index (χ4v) is 4.96. The van der Waals surface area contributed by atoms with Gasteiger partial charge in [-0.1, -0.05) is 52.9 Å². The molecule has 18 heavy (non-hydrogen) atoms. The van der Waals surface area contributed by atoms with E-state index in [4.69, 9.17) is 4.74 Å². The lowest BCUT2D eigenvalue weighted by atomic mass is 9.66. The topological polar surface area (TPSA) is 9.23 Å². The molecule has 1 spiro atoms. The third kappa shape index (κ3) is 2.34. The molecule has 1 aliphatic heterocycles. The van der Waals surface area contributed by atoms with Crippen molar-refractivity contribution >= 4 is 22.6 Å². The van der Waals surface area contributed by atoms with E-state index in [0.29, 0.717) is 11.5 Å². The molecule has 2 aliphatic rings. The first-order valence-electron chi connectivity index (χ1n) is 7.07. The van der Waals surface area contributed by atoms with Crippen LogP contribution in [0.4, 0.5) is 0 Å². The van der Waals surface area contributed by atoms with Crippen LogP contribution in [0.25, 0.3) is 0 Å². The molecule has 3 rings (SSSR count). The van der Waals surface area contributed by atoms with Crippen molar-refractivity contribution < 1.29 is 4.74 Å². The van der Waals surface area contributed by atoms with Crippen LogP contribution in [0.3, 0.4) is 0 Å². The van der Waals surface area contributed by atoms with Gasteiger partial charge >= 0.3 is 0 Å². The van der Waals surface area contributed by atoms with E-state index >= 15 is 0 Å². The second-order valence-corrected chi connectivity index (χ2v) is 6.69. The summed E-state index contributed by atoms with van der Waals surface area (Å²) in [6, 6.07) is 11.1. The van der Waals surface area contributed by atoms with Crippen LogP contribution >= 0.6 is 22.6 Å². The Hall–Kier alpha value is -0.0900. The van der Waals surface area contributed by atoms with Crippen molar-refractivity contribution in [1.29, 1.82) is 0 Å². The average molecular weight is 356 g/mol. The van der Waals surface area contributed by atoms with Gasteiger partial charge in [0.15, 0.2) is 0 Å². The summed E-state index contributed by atoms with van der Waals surface area (Å²) in [5.41, 5.74) is 2.06. The standard InChI is InChI=1S/C16H21IO/c17-12-15-16(10-11-18-15)8-6-14(7-9-16)13-4-2-1-3-5-13/h1-5,14-15H,6-12H2. The van der Waals surface area contributed by atoms with Crippen LogP contribution in [-0.4, -0.2) is 17.1 Å². The third-order valence-electron chi connectivity index (χ3n) is 4.99. The van der Waals surface area contributed by atoms with Crippen molar-refractivity contribution in [3.8, 4) is 0 Å². The molecule has 1 aromatic rings. The van der Waals surface area contributed by atoms with Crippen LogP contribution in [0.1, 0.15) is 43.6 Å². The van der Waals surface area contributed by atoms with Crippen LogP contribution in [0.5, 0.6) is 0 Å². The van der Waals surface area contributed by atoms with Crippen molar-refractivity contribution in [3.05, 3.63) is 35.9 Å². The maximum absolute atomic E-state index is 5.93. The number of hydrogen-bond donors (Lipinski definition) is 0. The fraction of sp³-hybridized carbons (Fsp3) is 0.625. The van der Waals surface area contributed by atoms with Crippen LogP contribution < -0.4 is 0 Å². The summed E-state index contributed by atoms with van der Waals surface area (Å²) in [4.78, 5) is 0. The first-order valence-corrected chi connectivity index (χ1v) is 8.59. The highest BCUT2D eigenvalue weighted by molar-refractivity contribution is 14.1. The lowest BCUT2D eigenvalue weighted by Gasteiger charge is -2.40. The Labute approximate surface area is 123 Å². The number of rotatable bonds is 2. The number of alkyl halides is 1. The van der Waals surface area contributed by atoms with E-state index in [1.54, 1.807) is 0 Å². The van der Waals surface area contributed by atoms with Gasteiger partial charge in [-0.05, 0) is 49.0 Å². The monoisotopic (exact) mass is 356 g/mol. The highest BCUT2D eigenvalue weighted by Crippen LogP contribution is 2.51. The minimum absolute atomic E-state index is 0.520. The van der Waals surface area contributed by atoms with E-state index < -0.39 is 0 Å². The Morgan fingerprint density at radius 2 is 1.83 bits per heavy atom. The minimum atomic E-state index is 0.520. The fourth-order valence-electron chi connectivity index (χ4n) is 3.77. The number of halogens is 1. The van der Waals surface area contributed by atoms with Gasteiger partial charge in [-0.3, -0.25) is 0 Å². The van der Waals surface area contributed by atoms with Crippen molar-refractivity contribution in [2.45, 2.75) is 44.1 Å². The Morgan fingerprint density at radius 1 is 1.11 bits per heavy atom. The average Bonchev–Trinajstić information content (AvgIpc) is 2.83. The van der Waals surface area contributed by atoms with Crippen molar-refractivity contribution in [3.63, 3.8) is 0 Å². The molecule has 1 saturated heterocycles. The van der Waals surface area contributed by atoms with Crippen LogP contribution in [-0.2, 0) is 4.74 Å². The molecule has 0 aromatic heterocycles. The zero-order chi connectivity index (χ0) is 12.4. The van der Waals surface area contributed by atoms with Gasteiger partial charge in [-0.25, -0.2) is 0 Å². The van der Waals surface area contributed by atoms with Gasteiger partial charge in [0.05, 0.1) is 6.10 Å². The highest BCUT2D eigenvalue weighted by atomic mass is 127. The molecule has 2 fully saturated rings. The predicted octanol–water partition coefficient (Wildman–Crippen LogP) is 4.55. The first kappa shape index (κ1) is 12.9. The molecule has 0 bridgehead atoms. The number of ether oxygens (including phenoxy) is 1. The summed E-state index contributed by atoms with van der Waals surface area (Å²) in [7, 11) is 0. The summed E-state index contributed by atoms with van der Waals surface area (Å²) < 4.78 is 7.09. The zero-order valence-corrected chi connectivity index (χ0v) is 12.9. The van der Waals surface area contributed by atoms with E-state index in [9.17, 15) is 0 Å². The minimum Gasteiger partial charge on any atom is -0.377 e. The van der Waals surface area contributed by atoms with Gasteiger partial charge < -0.3 is 4.74 Å². The van der Waals surface area contributed by atoms with Crippen LogP contribution in [0, 0.1) is 5.41 Å². The summed E-state index contributed by atoms with van der Waals surface area (Å²) in [6.07, 6.45) is 7.23. The lowest BCUT2D eigenvalue weighted by molar-refractivity contribution is 0.0442. The molecular weight excluding hydrogens is 335 g/mol. The largest absolute Gasteiger partial charge is 0.377 e. The van der Waals surface area contributed by atoms with Crippen molar-refractivity contribution in [2.24, 2.45) is 5.41 Å². The second kappa shape index (κ2) is 5.49. The summed E-state index contributed by atoms with van der Waals surface area (Å²) in [6.45, 7) is 0.990. The van der Waals surface area contributed by atoms with Crippen LogP contribution in [0.15, 0.2) is 30.3 Å². The Morgan fingerprint density at radius 3 is 2.50 bits per heavy atom. The normalized spacial score (nSPS) is 36.1. The lowest BCUT2D eigenvalue weighted by Crippen LogP contribution is -2.35. The van der Waals surface area contributed by atoms with Crippen molar-refractivity contribution in [1.82, 2.24) is 0 Å². The highest BCUT2D eigenvalue weighted by Gasteiger charge is 2.45. The molecule has 98 valence electrons. The van der Waals surface area contributed by atoms with Gasteiger partial charge in [0.25, 0.3) is 0 Å². The van der Waals surface area contributed by atoms with Gasteiger partial charge in [0.2, 0.25) is 0 Å². The molecule has 0 radical (unpaired) electrons. The SMILES string of the molecule is ICC1OCCC12CCC(c1ccccc1)CC2. The molecule has 1 aromatic carbocycles. The summed E-state index contributed by atoms with van der Waals surface area (Å²) in [5, 5.41) is 0. The number of hydrogen-bond acceptors (Lipinski definition) is 1. The Bertz CT molecular complexity index is 381. The summed E-state index contributed by atoms with van der Waals surface area (Å²) >= 11 is 2.49. The van der Waals surface area contributed by atoms with E-state index in [-0.39, 0.29) is 0 Å². The molecule has 1 aliphatic carbocycles. The molecule has 1 saturated carbocycles. The summed E-state index contributed by atoms with van der Waals surface area (Å²) in [5.74, 6) is 0.785. The van der Waals surface area contributed by atoms with Gasteiger partial charge in [0.1, 0.15) is 0 Å². The molecule has 1 heterocycles. The van der Waals surface area contributed by atoms with E-state index in [1.165, 1.54) is 37.7 Å². The first-order chi connectivity index (χ1) is 8.84. The van der Waals surface area contributed by atoms with Gasteiger partial charge in [-0.2, -0.15) is 0 Å². The maximum Gasteiger partial charge on any atom is 0.0721 e. The zero-order valence-electron chi connectivity index (χ0n) is 10.8. The maximum atomic E-state index is 5.93. The molecule has 1 atom stereocenters. The van der Waals surface area contributed by atoms with E-state index in [2.05, 4.69) is 52.9 Å². The van der Waals surface area contributed by atoms with E-state index in [1.807, 2.05) is 0 Å². The van der Waals surface area contributed by atoms with E-state index in [0.717, 1.165) is 17.0 Å². The third-order valence-corrected chi connectivity index (χ3v) is 5.79. The molecule has 2 heteroatoms. The quantitative estimate of drug-likeness (QED) is 0.558. The van der Waals surface area contributed by atoms with Crippen LogP contribution in [0.2, 0.25) is 0 Å². The Kier molecular flexibility index (Phi) is 3.94. The number of benzene rings is 1. The van der Waals surface area contributed by atoms with Gasteiger partial charge in [0, 0.05) is 11.0 Å². The van der Waals surface area contributed by atoms with Gasteiger partial charge in [-0.15, -0.1) is 0 Å². The second-order valence-electron chi connectivity index (χ2n) is 5.81. The van der Waals surface area contributed by atoms with Crippen molar-refractivity contribution in [2.75, 3.05) is 11.0 Å². The molecular formula is C16H21IO. The molecule has 1 unspecified atom stereocenters. The Balaban J connectivity index is 1.68. The molecule has 0 N–H and O–H groups in total. The smallest absolute Gasteiger partial charge is 0.0721 e. The predicted molar refractivity (Wildman–Crippen MR) is 83.3 cm³/mol. The molecule has 0 amide bonds.